The van der Waals surface area contributed by atoms with Crippen molar-refractivity contribution in [3.63, 3.8) is 0 Å². The lowest BCUT2D eigenvalue weighted by atomic mass is 10.0. The Morgan fingerprint density at radius 3 is 2.56 bits per heavy atom. The standard InChI is InChI=1S/C13H26N2.ClH/c1-14-10-13-7-9-15(11-13)8-6-12-4-2-3-5-12;/h12-14H,2-11H2,1H3;1H. The van der Waals surface area contributed by atoms with E-state index in [-0.39, 0.29) is 12.4 Å². The van der Waals surface area contributed by atoms with E-state index in [1.807, 2.05) is 0 Å². The largest absolute Gasteiger partial charge is 0.319 e. The number of nitrogens with one attached hydrogen (secondary N) is 1. The van der Waals surface area contributed by atoms with E-state index < -0.39 is 0 Å². The summed E-state index contributed by atoms with van der Waals surface area (Å²) in [6, 6.07) is 0. The molecule has 1 atom stereocenters. The molecule has 16 heavy (non-hydrogen) atoms. The van der Waals surface area contributed by atoms with Gasteiger partial charge in [0.1, 0.15) is 0 Å². The maximum Gasteiger partial charge on any atom is 0.00223 e. The molecular formula is C13H27ClN2. The first-order valence-corrected chi connectivity index (χ1v) is 6.75. The molecule has 0 spiro atoms. The lowest BCUT2D eigenvalue weighted by Gasteiger charge is -2.18. The zero-order valence-corrected chi connectivity index (χ0v) is 11.4. The summed E-state index contributed by atoms with van der Waals surface area (Å²) < 4.78 is 0. The van der Waals surface area contributed by atoms with Crippen LogP contribution >= 0.6 is 12.4 Å². The Morgan fingerprint density at radius 2 is 1.88 bits per heavy atom. The number of hydrogen-bond donors (Lipinski definition) is 1. The number of halogens is 1. The average molecular weight is 247 g/mol. The fraction of sp³-hybridized carbons (Fsp3) is 1.00. The minimum absolute atomic E-state index is 0. The van der Waals surface area contributed by atoms with Crippen molar-refractivity contribution in [2.24, 2.45) is 11.8 Å². The molecule has 1 aliphatic heterocycles. The summed E-state index contributed by atoms with van der Waals surface area (Å²) in [5.74, 6) is 1.98. The van der Waals surface area contributed by atoms with E-state index in [0.29, 0.717) is 0 Å². The number of rotatable bonds is 5. The van der Waals surface area contributed by atoms with Crippen molar-refractivity contribution in [2.75, 3.05) is 33.2 Å². The Bertz CT molecular complexity index is 181. The molecule has 0 amide bonds. The Balaban J connectivity index is 0.00000128. The van der Waals surface area contributed by atoms with E-state index in [9.17, 15) is 0 Å². The van der Waals surface area contributed by atoms with Crippen LogP contribution in [0.25, 0.3) is 0 Å². The Labute approximate surface area is 107 Å². The minimum atomic E-state index is 0. The molecule has 2 aliphatic rings. The molecule has 0 aromatic carbocycles. The third-order valence-corrected chi connectivity index (χ3v) is 4.19. The molecule has 2 fully saturated rings. The lowest BCUT2D eigenvalue weighted by molar-refractivity contribution is 0.292. The summed E-state index contributed by atoms with van der Waals surface area (Å²) in [5, 5.41) is 3.30. The van der Waals surface area contributed by atoms with Crippen LogP contribution in [-0.2, 0) is 0 Å². The molecule has 3 heteroatoms. The average Bonchev–Trinajstić information content (AvgIpc) is 2.85. The molecule has 0 bridgehead atoms. The van der Waals surface area contributed by atoms with Gasteiger partial charge in [-0.05, 0) is 51.4 Å². The van der Waals surface area contributed by atoms with Crippen LogP contribution < -0.4 is 5.32 Å². The molecule has 1 aliphatic carbocycles. The highest BCUT2D eigenvalue weighted by Gasteiger charge is 2.23. The molecular weight excluding hydrogens is 220 g/mol. The molecule has 2 nitrogen and oxygen atoms in total. The molecule has 96 valence electrons. The van der Waals surface area contributed by atoms with Gasteiger partial charge >= 0.3 is 0 Å². The van der Waals surface area contributed by atoms with E-state index >= 15 is 0 Å². The summed E-state index contributed by atoms with van der Waals surface area (Å²) in [6.45, 7) is 5.26. The highest BCUT2D eigenvalue weighted by atomic mass is 35.5. The quantitative estimate of drug-likeness (QED) is 0.802. The van der Waals surface area contributed by atoms with Crippen molar-refractivity contribution in [1.29, 1.82) is 0 Å². The molecule has 2 rings (SSSR count). The summed E-state index contributed by atoms with van der Waals surface area (Å²) in [5.41, 5.74) is 0. The predicted octanol–water partition coefficient (Wildman–Crippen LogP) is 2.53. The van der Waals surface area contributed by atoms with Crippen LogP contribution in [0.1, 0.15) is 38.5 Å². The Kier molecular flexibility index (Phi) is 6.71. The smallest absolute Gasteiger partial charge is 0.00223 e. The second-order valence-electron chi connectivity index (χ2n) is 5.45. The van der Waals surface area contributed by atoms with Gasteiger partial charge in [-0.25, -0.2) is 0 Å². The molecule has 0 aromatic heterocycles. The van der Waals surface area contributed by atoms with Gasteiger partial charge in [0.05, 0.1) is 0 Å². The topological polar surface area (TPSA) is 15.3 Å². The van der Waals surface area contributed by atoms with Gasteiger partial charge in [-0.2, -0.15) is 0 Å². The molecule has 0 radical (unpaired) electrons. The maximum absolute atomic E-state index is 3.30. The summed E-state index contributed by atoms with van der Waals surface area (Å²) in [6.07, 6.45) is 8.87. The predicted molar refractivity (Wildman–Crippen MR) is 72.3 cm³/mol. The van der Waals surface area contributed by atoms with Crippen LogP contribution in [0, 0.1) is 11.8 Å². The molecule has 1 N–H and O–H groups in total. The van der Waals surface area contributed by atoms with Gasteiger partial charge in [-0.15, -0.1) is 12.4 Å². The SMILES string of the molecule is CNCC1CCN(CCC2CCCC2)C1.Cl. The second kappa shape index (κ2) is 7.52. The third-order valence-electron chi connectivity index (χ3n) is 4.19. The number of nitrogens with zero attached hydrogens (tertiary/aromatic N) is 1. The van der Waals surface area contributed by atoms with E-state index in [0.717, 1.165) is 11.8 Å². The first-order valence-electron chi connectivity index (χ1n) is 6.75. The van der Waals surface area contributed by atoms with E-state index in [1.165, 1.54) is 64.7 Å². The lowest BCUT2D eigenvalue weighted by Crippen LogP contribution is -2.26. The Morgan fingerprint density at radius 1 is 1.12 bits per heavy atom. The summed E-state index contributed by atoms with van der Waals surface area (Å²) >= 11 is 0. The minimum Gasteiger partial charge on any atom is -0.319 e. The van der Waals surface area contributed by atoms with Crippen molar-refractivity contribution in [3.8, 4) is 0 Å². The van der Waals surface area contributed by atoms with Crippen LogP contribution in [-0.4, -0.2) is 38.1 Å². The molecule has 1 unspecified atom stereocenters. The van der Waals surface area contributed by atoms with Crippen LogP contribution in [0.2, 0.25) is 0 Å². The zero-order valence-electron chi connectivity index (χ0n) is 10.6. The maximum atomic E-state index is 3.30. The van der Waals surface area contributed by atoms with Crippen LogP contribution in [0.4, 0.5) is 0 Å². The monoisotopic (exact) mass is 246 g/mol. The summed E-state index contributed by atoms with van der Waals surface area (Å²) in [7, 11) is 2.07. The fourth-order valence-electron chi connectivity index (χ4n) is 3.24. The van der Waals surface area contributed by atoms with Crippen molar-refractivity contribution in [1.82, 2.24) is 10.2 Å². The first-order chi connectivity index (χ1) is 7.38. The third kappa shape index (κ3) is 4.23. The van der Waals surface area contributed by atoms with E-state index in [2.05, 4.69) is 17.3 Å². The van der Waals surface area contributed by atoms with Crippen molar-refractivity contribution in [2.45, 2.75) is 38.5 Å². The van der Waals surface area contributed by atoms with Gasteiger partial charge in [-0.1, -0.05) is 25.7 Å². The molecule has 0 aromatic rings. The van der Waals surface area contributed by atoms with Crippen molar-refractivity contribution in [3.05, 3.63) is 0 Å². The van der Waals surface area contributed by atoms with Gasteiger partial charge in [0, 0.05) is 6.54 Å². The number of likely N-dealkylation sites (tertiary alicyclic amines) is 1. The zero-order chi connectivity index (χ0) is 10.5. The Hall–Kier alpha value is 0.210. The van der Waals surface area contributed by atoms with Crippen molar-refractivity contribution < 1.29 is 0 Å². The molecule has 1 heterocycles. The molecule has 1 saturated carbocycles. The van der Waals surface area contributed by atoms with Crippen LogP contribution in [0.15, 0.2) is 0 Å². The normalized spacial score (nSPS) is 27.2. The van der Waals surface area contributed by atoms with Gasteiger partial charge < -0.3 is 10.2 Å². The fourth-order valence-corrected chi connectivity index (χ4v) is 3.24. The summed E-state index contributed by atoms with van der Waals surface area (Å²) in [4.78, 5) is 2.68. The number of hydrogen-bond acceptors (Lipinski definition) is 2. The van der Waals surface area contributed by atoms with E-state index in [4.69, 9.17) is 0 Å². The first kappa shape index (κ1) is 14.3. The second-order valence-corrected chi connectivity index (χ2v) is 5.45. The van der Waals surface area contributed by atoms with Crippen molar-refractivity contribution >= 4 is 12.4 Å². The highest BCUT2D eigenvalue weighted by molar-refractivity contribution is 5.85. The van der Waals surface area contributed by atoms with Gasteiger partial charge in [-0.3, -0.25) is 0 Å². The van der Waals surface area contributed by atoms with Gasteiger partial charge in [0.25, 0.3) is 0 Å². The van der Waals surface area contributed by atoms with Gasteiger partial charge in [0.15, 0.2) is 0 Å². The van der Waals surface area contributed by atoms with Crippen LogP contribution in [0.5, 0.6) is 0 Å². The highest BCUT2D eigenvalue weighted by Crippen LogP contribution is 2.28. The van der Waals surface area contributed by atoms with Crippen LogP contribution in [0.3, 0.4) is 0 Å². The molecule has 1 saturated heterocycles. The van der Waals surface area contributed by atoms with Gasteiger partial charge in [0.2, 0.25) is 0 Å². The van der Waals surface area contributed by atoms with E-state index in [1.54, 1.807) is 0 Å².